The van der Waals surface area contributed by atoms with Crippen LogP contribution >= 0.6 is 11.3 Å². The second-order valence-corrected chi connectivity index (χ2v) is 11.0. The minimum absolute atomic E-state index is 0.0381. The fraction of sp³-hybridized carbons (Fsp3) is 0.345. The van der Waals surface area contributed by atoms with Crippen LogP contribution in [-0.2, 0) is 16.0 Å². The average molecular weight is 591 g/mol. The van der Waals surface area contributed by atoms with Crippen molar-refractivity contribution in [2.45, 2.75) is 39.7 Å². The van der Waals surface area contributed by atoms with E-state index in [1.54, 1.807) is 37.3 Å². The quantitative estimate of drug-likeness (QED) is 0.176. The van der Waals surface area contributed by atoms with Crippen molar-refractivity contribution in [2.24, 2.45) is 5.92 Å². The maximum atomic E-state index is 13.2. The lowest BCUT2D eigenvalue weighted by molar-refractivity contribution is -0.000703. The molecule has 2 atom stereocenters. The zero-order valence-corrected chi connectivity index (χ0v) is 24.5. The first kappa shape index (κ1) is 28.9. The summed E-state index contributed by atoms with van der Waals surface area (Å²) in [7, 11) is 1.53. The zero-order chi connectivity index (χ0) is 29.6. The van der Waals surface area contributed by atoms with E-state index in [2.05, 4.69) is 37.3 Å². The van der Waals surface area contributed by atoms with E-state index in [0.717, 1.165) is 22.7 Å². The largest absolute Gasteiger partial charge is 0.497 e. The van der Waals surface area contributed by atoms with Crippen LogP contribution in [0.15, 0.2) is 48.7 Å². The number of pyridine rings is 1. The number of amides is 1. The molecule has 0 radical (unpaired) electrons. The third kappa shape index (κ3) is 7.35. The van der Waals surface area contributed by atoms with Crippen molar-refractivity contribution in [1.82, 2.24) is 25.1 Å². The highest BCUT2D eigenvalue weighted by atomic mass is 32.1. The summed E-state index contributed by atoms with van der Waals surface area (Å²) < 4.78 is 21.6. The first-order valence-corrected chi connectivity index (χ1v) is 14.1. The van der Waals surface area contributed by atoms with Crippen molar-refractivity contribution in [3.8, 4) is 11.6 Å². The summed E-state index contributed by atoms with van der Waals surface area (Å²) in [5, 5.41) is 9.48. The highest BCUT2D eigenvalue weighted by Crippen LogP contribution is 2.46. The van der Waals surface area contributed by atoms with E-state index >= 15 is 0 Å². The first-order chi connectivity index (χ1) is 20.3. The molecule has 5 rings (SSSR count). The number of hydrogen-bond donors (Lipinski definition) is 0. The molecule has 1 aromatic carbocycles. The summed E-state index contributed by atoms with van der Waals surface area (Å²) in [5.74, 6) is 1.62. The summed E-state index contributed by atoms with van der Waals surface area (Å²) in [4.78, 5) is 40.3. The van der Waals surface area contributed by atoms with Crippen molar-refractivity contribution in [1.29, 1.82) is 0 Å². The lowest BCUT2D eigenvalue weighted by atomic mass is 10.2. The fourth-order valence-corrected chi connectivity index (χ4v) is 4.92. The normalized spacial score (nSPS) is 15.5. The molecule has 0 spiro atoms. The number of aryl methyl sites for hydroxylation is 3. The molecule has 4 aromatic rings. The van der Waals surface area contributed by atoms with Crippen molar-refractivity contribution in [2.75, 3.05) is 25.4 Å². The van der Waals surface area contributed by atoms with Crippen molar-refractivity contribution >= 4 is 29.2 Å². The lowest BCUT2D eigenvalue weighted by Gasteiger charge is -2.20. The predicted molar refractivity (Wildman–Crippen MR) is 153 cm³/mol. The van der Waals surface area contributed by atoms with Gasteiger partial charge in [-0.3, -0.25) is 9.88 Å². The monoisotopic (exact) mass is 590 g/mol. The molecule has 1 saturated carbocycles. The Balaban J connectivity index is 1.24. The number of aromatic nitrogens is 5. The Morgan fingerprint density at radius 1 is 1.02 bits per heavy atom. The molecule has 1 aliphatic carbocycles. The molecule has 1 fully saturated rings. The number of hydrogen-bond acceptors (Lipinski definition) is 12. The highest BCUT2D eigenvalue weighted by Gasteiger charge is 2.40. The highest BCUT2D eigenvalue weighted by molar-refractivity contribution is 7.11. The van der Waals surface area contributed by atoms with Crippen LogP contribution in [0.25, 0.3) is 0 Å². The third-order valence-electron chi connectivity index (χ3n) is 6.54. The van der Waals surface area contributed by atoms with Gasteiger partial charge in [-0.2, -0.15) is 4.98 Å². The number of anilines is 1. The number of benzene rings is 1. The zero-order valence-electron chi connectivity index (χ0n) is 23.6. The standard InChI is InChI=1S/C29H30N6O6S/c1-17-5-10-24(30-13-17)23-11-21(23)15-39-26-12-25(31-18(2)32-26)35(14-27-34-33-19(3)42-27)29(37)41-16-40-28(36)20-6-8-22(38-4)9-7-20/h5-10,12-13,21,23H,11,14-16H2,1-4H3/t21-,23+/m1/s1. The van der Waals surface area contributed by atoms with Crippen molar-refractivity contribution in [3.63, 3.8) is 0 Å². The van der Waals surface area contributed by atoms with E-state index in [1.165, 1.54) is 23.3 Å². The molecule has 0 unspecified atom stereocenters. The minimum Gasteiger partial charge on any atom is -0.497 e. The van der Waals surface area contributed by atoms with Gasteiger partial charge in [-0.05, 0) is 63.1 Å². The molecule has 218 valence electrons. The van der Waals surface area contributed by atoms with Gasteiger partial charge in [0.25, 0.3) is 0 Å². The molecular weight excluding hydrogens is 560 g/mol. The third-order valence-corrected chi connectivity index (χ3v) is 7.36. The van der Waals surface area contributed by atoms with Crippen LogP contribution in [0.5, 0.6) is 11.6 Å². The molecule has 1 amide bonds. The first-order valence-electron chi connectivity index (χ1n) is 13.2. The van der Waals surface area contributed by atoms with Gasteiger partial charge in [-0.1, -0.05) is 17.4 Å². The van der Waals surface area contributed by atoms with Crippen LogP contribution in [0.1, 0.15) is 49.8 Å². The van der Waals surface area contributed by atoms with Gasteiger partial charge in [0.15, 0.2) is 0 Å². The molecule has 0 aliphatic heterocycles. The van der Waals surface area contributed by atoms with E-state index in [-0.39, 0.29) is 17.9 Å². The van der Waals surface area contributed by atoms with Crippen LogP contribution in [0.4, 0.5) is 10.6 Å². The van der Waals surface area contributed by atoms with Gasteiger partial charge in [-0.25, -0.2) is 14.6 Å². The number of nitrogens with zero attached hydrogens (tertiary/aromatic N) is 6. The summed E-state index contributed by atoms with van der Waals surface area (Å²) in [5.41, 5.74) is 2.47. The van der Waals surface area contributed by atoms with Gasteiger partial charge in [0, 0.05) is 29.8 Å². The molecule has 3 aromatic heterocycles. The Morgan fingerprint density at radius 2 is 1.83 bits per heavy atom. The number of ether oxygens (including phenoxy) is 4. The molecular formula is C29H30N6O6S. The van der Waals surface area contributed by atoms with Gasteiger partial charge in [0.2, 0.25) is 12.7 Å². The van der Waals surface area contributed by atoms with Gasteiger partial charge >= 0.3 is 12.1 Å². The summed E-state index contributed by atoms with van der Waals surface area (Å²) in [6.07, 6.45) is 2.07. The minimum atomic E-state index is -0.790. The lowest BCUT2D eigenvalue weighted by Crippen LogP contribution is -2.33. The SMILES string of the molecule is COc1ccc(C(=O)OCOC(=O)N(Cc2nnc(C)s2)c2cc(OC[C@H]3C[C@@H]3c3ccc(C)cn3)nc(C)n2)cc1. The number of carbonyl (C=O) groups excluding carboxylic acids is 2. The van der Waals surface area contributed by atoms with Crippen LogP contribution < -0.4 is 14.4 Å². The predicted octanol–water partition coefficient (Wildman–Crippen LogP) is 4.80. The van der Waals surface area contributed by atoms with Crippen LogP contribution in [0, 0.1) is 26.7 Å². The number of carbonyl (C=O) groups is 2. The Morgan fingerprint density at radius 3 is 2.52 bits per heavy atom. The second-order valence-electron chi connectivity index (χ2n) is 9.77. The Kier molecular flexibility index (Phi) is 8.86. The van der Waals surface area contributed by atoms with Crippen molar-refractivity contribution in [3.05, 3.63) is 81.3 Å². The molecule has 1 aliphatic rings. The Hall–Kier alpha value is -4.65. The average Bonchev–Trinajstić information content (AvgIpc) is 3.65. The number of rotatable bonds is 11. The summed E-state index contributed by atoms with van der Waals surface area (Å²) in [6, 6.07) is 12.1. The molecule has 0 bridgehead atoms. The van der Waals surface area contributed by atoms with Gasteiger partial charge in [0.1, 0.15) is 27.4 Å². The van der Waals surface area contributed by atoms with Crippen LogP contribution in [0.2, 0.25) is 0 Å². The number of methoxy groups -OCH3 is 1. The van der Waals surface area contributed by atoms with E-state index in [1.807, 2.05) is 20.0 Å². The van der Waals surface area contributed by atoms with Gasteiger partial charge in [-0.15, -0.1) is 10.2 Å². The Bertz CT molecular complexity index is 1550. The van der Waals surface area contributed by atoms with Crippen LogP contribution in [-0.4, -0.2) is 57.7 Å². The molecule has 0 saturated heterocycles. The molecule has 42 heavy (non-hydrogen) atoms. The topological polar surface area (TPSA) is 139 Å². The van der Waals surface area contributed by atoms with Crippen LogP contribution in [0.3, 0.4) is 0 Å². The van der Waals surface area contributed by atoms with E-state index in [4.69, 9.17) is 18.9 Å². The molecule has 13 heteroatoms. The Labute approximate surface area is 246 Å². The molecule has 3 heterocycles. The number of esters is 1. The van der Waals surface area contributed by atoms with E-state index in [9.17, 15) is 9.59 Å². The summed E-state index contributed by atoms with van der Waals surface area (Å²) in [6.45, 7) is 5.44. The van der Waals surface area contributed by atoms with E-state index in [0.29, 0.717) is 40.9 Å². The van der Waals surface area contributed by atoms with Gasteiger partial charge in [0.05, 0.1) is 25.8 Å². The smallest absolute Gasteiger partial charge is 0.418 e. The van der Waals surface area contributed by atoms with Crippen molar-refractivity contribution < 1.29 is 28.5 Å². The second kappa shape index (κ2) is 12.9. The van der Waals surface area contributed by atoms with Gasteiger partial charge < -0.3 is 18.9 Å². The van der Waals surface area contributed by atoms with E-state index < -0.39 is 18.9 Å². The molecule has 12 nitrogen and oxygen atoms in total. The maximum Gasteiger partial charge on any atom is 0.418 e. The fourth-order valence-electron chi connectivity index (χ4n) is 4.22. The maximum absolute atomic E-state index is 13.2. The molecule has 0 N–H and O–H groups in total. The summed E-state index contributed by atoms with van der Waals surface area (Å²) >= 11 is 1.34.